The van der Waals surface area contributed by atoms with Gasteiger partial charge in [0.1, 0.15) is 0 Å². The van der Waals surface area contributed by atoms with Crippen molar-refractivity contribution in [3.8, 4) is 0 Å². The molecule has 5 nitrogen and oxygen atoms in total. The van der Waals surface area contributed by atoms with Gasteiger partial charge in [0.05, 0.1) is 5.75 Å². The molecule has 2 aromatic carbocycles. The smallest absolute Gasteiger partial charge is 0.234 e. The van der Waals surface area contributed by atoms with Gasteiger partial charge in [-0.1, -0.05) is 32.9 Å². The van der Waals surface area contributed by atoms with Gasteiger partial charge in [0.25, 0.3) is 0 Å². The third-order valence-electron chi connectivity index (χ3n) is 5.50. The number of benzene rings is 2. The molecule has 0 unspecified atom stereocenters. The number of amides is 2. The van der Waals surface area contributed by atoms with E-state index in [1.54, 1.807) is 0 Å². The molecule has 1 heterocycles. The molecule has 2 aromatic rings. The normalized spacial score (nSPS) is 15.1. The molecule has 0 radical (unpaired) electrons. The Kier molecular flexibility index (Phi) is 7.08. The summed E-state index contributed by atoms with van der Waals surface area (Å²) in [7, 11) is 0. The van der Waals surface area contributed by atoms with Crippen molar-refractivity contribution in [1.82, 2.24) is 0 Å². The van der Waals surface area contributed by atoms with Gasteiger partial charge in [0.15, 0.2) is 0 Å². The fourth-order valence-corrected chi connectivity index (χ4v) is 4.27. The summed E-state index contributed by atoms with van der Waals surface area (Å²) >= 11 is 1.54. The summed E-state index contributed by atoms with van der Waals surface area (Å²) in [5, 5.41) is 2.96. The van der Waals surface area contributed by atoms with Crippen LogP contribution in [0.1, 0.15) is 39.2 Å². The lowest BCUT2D eigenvalue weighted by atomic mass is 9.87. The maximum absolute atomic E-state index is 12.3. The van der Waals surface area contributed by atoms with Crippen molar-refractivity contribution in [2.24, 2.45) is 11.7 Å². The Morgan fingerprint density at radius 1 is 1.03 bits per heavy atom. The molecule has 0 saturated carbocycles. The first-order valence-electron chi connectivity index (χ1n) is 10.4. The van der Waals surface area contributed by atoms with E-state index in [0.717, 1.165) is 42.2 Å². The molecule has 1 aliphatic heterocycles. The van der Waals surface area contributed by atoms with Gasteiger partial charge in [-0.3, -0.25) is 9.59 Å². The second-order valence-corrected chi connectivity index (χ2v) is 9.87. The van der Waals surface area contributed by atoms with Crippen LogP contribution in [-0.4, -0.2) is 30.7 Å². The number of carbonyl (C=O) groups is 2. The zero-order valence-electron chi connectivity index (χ0n) is 18.0. The van der Waals surface area contributed by atoms with Gasteiger partial charge in [0, 0.05) is 35.3 Å². The number of hydrogen-bond acceptors (Lipinski definition) is 4. The minimum atomic E-state index is -0.198. The van der Waals surface area contributed by atoms with E-state index < -0.39 is 0 Å². The number of anilines is 2. The van der Waals surface area contributed by atoms with Crippen molar-refractivity contribution in [2.45, 2.75) is 43.9 Å². The molecular weight excluding hydrogens is 394 g/mol. The first kappa shape index (κ1) is 22.2. The van der Waals surface area contributed by atoms with Crippen molar-refractivity contribution >= 4 is 35.0 Å². The Bertz CT molecular complexity index is 865. The molecule has 0 atom stereocenters. The summed E-state index contributed by atoms with van der Waals surface area (Å²) in [5.74, 6) is 0.143. The molecule has 1 aliphatic rings. The van der Waals surface area contributed by atoms with Crippen LogP contribution >= 0.6 is 11.8 Å². The Balaban J connectivity index is 1.47. The van der Waals surface area contributed by atoms with Gasteiger partial charge in [0.2, 0.25) is 11.8 Å². The quantitative estimate of drug-likeness (QED) is 0.672. The van der Waals surface area contributed by atoms with Crippen molar-refractivity contribution in [2.75, 3.05) is 29.1 Å². The Morgan fingerprint density at radius 2 is 1.63 bits per heavy atom. The minimum Gasteiger partial charge on any atom is -0.371 e. The number of nitrogens with zero attached hydrogens (tertiary/aromatic N) is 1. The van der Waals surface area contributed by atoms with Crippen LogP contribution < -0.4 is 16.0 Å². The molecule has 0 aliphatic carbocycles. The predicted octanol–water partition coefficient (Wildman–Crippen LogP) is 4.42. The molecule has 3 rings (SSSR count). The lowest BCUT2D eigenvalue weighted by Crippen LogP contribution is -2.38. The van der Waals surface area contributed by atoms with Crippen molar-refractivity contribution < 1.29 is 9.59 Å². The van der Waals surface area contributed by atoms with Gasteiger partial charge in [-0.2, -0.15) is 0 Å². The summed E-state index contributed by atoms with van der Waals surface area (Å²) < 4.78 is 0. The first-order valence-corrected chi connectivity index (χ1v) is 11.4. The van der Waals surface area contributed by atoms with Crippen LogP contribution in [0.15, 0.2) is 53.4 Å². The summed E-state index contributed by atoms with van der Waals surface area (Å²) in [6, 6.07) is 16.3. The van der Waals surface area contributed by atoms with E-state index in [2.05, 4.69) is 55.3 Å². The average molecular weight is 426 g/mol. The van der Waals surface area contributed by atoms with Gasteiger partial charge in [-0.05, 0) is 60.2 Å². The molecule has 160 valence electrons. The van der Waals surface area contributed by atoms with E-state index in [4.69, 9.17) is 5.73 Å². The van der Waals surface area contributed by atoms with E-state index >= 15 is 0 Å². The van der Waals surface area contributed by atoms with Crippen molar-refractivity contribution in [3.05, 3.63) is 54.1 Å². The molecule has 0 spiro atoms. The summed E-state index contributed by atoms with van der Waals surface area (Å²) in [4.78, 5) is 27.0. The zero-order valence-corrected chi connectivity index (χ0v) is 18.8. The number of carbonyl (C=O) groups excluding carboxylic acids is 2. The lowest BCUT2D eigenvalue weighted by Gasteiger charge is -2.32. The molecular formula is C24H31N3O2S. The first-order chi connectivity index (χ1) is 14.2. The van der Waals surface area contributed by atoms with Crippen molar-refractivity contribution in [1.29, 1.82) is 0 Å². The average Bonchev–Trinajstić information content (AvgIpc) is 2.72. The molecule has 6 heteroatoms. The third-order valence-corrected chi connectivity index (χ3v) is 6.52. The van der Waals surface area contributed by atoms with Gasteiger partial charge < -0.3 is 16.0 Å². The number of nitrogens with two attached hydrogens (primary N) is 1. The fourth-order valence-electron chi connectivity index (χ4n) is 3.57. The molecule has 0 bridgehead atoms. The predicted molar refractivity (Wildman–Crippen MR) is 125 cm³/mol. The molecule has 1 saturated heterocycles. The van der Waals surface area contributed by atoms with Crippen LogP contribution in [0.25, 0.3) is 0 Å². The molecule has 3 N–H and O–H groups in total. The number of nitrogens with one attached hydrogen (secondary N) is 1. The number of thioether (sulfide) groups is 1. The summed E-state index contributed by atoms with van der Waals surface area (Å²) in [5.41, 5.74) is 8.71. The highest BCUT2D eigenvalue weighted by Crippen LogP contribution is 2.27. The standard InChI is InChI=1S/C24H31N3O2S/c1-24(2,3)18-4-10-21(11-5-18)30-16-22(28)26-19-6-8-20(9-7-19)27-14-12-17(13-15-27)23(25)29/h4-11,17H,12-16H2,1-3H3,(H2,25,29)(H,26,28). The van der Waals surface area contributed by atoms with Crippen LogP contribution in [0.5, 0.6) is 0 Å². The van der Waals surface area contributed by atoms with E-state index in [9.17, 15) is 9.59 Å². The highest BCUT2D eigenvalue weighted by Gasteiger charge is 2.23. The third kappa shape index (κ3) is 6.02. The van der Waals surface area contributed by atoms with Gasteiger partial charge in [-0.15, -0.1) is 11.8 Å². The second-order valence-electron chi connectivity index (χ2n) is 8.82. The fraction of sp³-hybridized carbons (Fsp3) is 0.417. The summed E-state index contributed by atoms with van der Waals surface area (Å²) in [6.45, 7) is 8.22. The lowest BCUT2D eigenvalue weighted by molar-refractivity contribution is -0.122. The Labute approximate surface area is 183 Å². The molecule has 0 aromatic heterocycles. The SMILES string of the molecule is CC(C)(C)c1ccc(SCC(=O)Nc2ccc(N3CCC(C(N)=O)CC3)cc2)cc1. The molecule has 2 amide bonds. The number of rotatable bonds is 6. The van der Waals surface area contributed by atoms with Crippen LogP contribution in [0.2, 0.25) is 0 Å². The molecule has 30 heavy (non-hydrogen) atoms. The maximum Gasteiger partial charge on any atom is 0.234 e. The van der Waals surface area contributed by atoms with Gasteiger partial charge >= 0.3 is 0 Å². The zero-order chi connectivity index (χ0) is 21.7. The second kappa shape index (κ2) is 9.56. The van der Waals surface area contributed by atoms with E-state index in [-0.39, 0.29) is 23.1 Å². The Hall–Kier alpha value is -2.47. The number of primary amides is 1. The van der Waals surface area contributed by atoms with E-state index in [1.165, 1.54) is 17.3 Å². The molecule has 1 fully saturated rings. The van der Waals surface area contributed by atoms with Crippen LogP contribution in [0.4, 0.5) is 11.4 Å². The number of piperidine rings is 1. The Morgan fingerprint density at radius 3 is 2.17 bits per heavy atom. The van der Waals surface area contributed by atoms with E-state index in [1.807, 2.05) is 24.3 Å². The highest BCUT2D eigenvalue weighted by molar-refractivity contribution is 8.00. The number of hydrogen-bond donors (Lipinski definition) is 2. The monoisotopic (exact) mass is 425 g/mol. The van der Waals surface area contributed by atoms with Crippen LogP contribution in [-0.2, 0) is 15.0 Å². The highest BCUT2D eigenvalue weighted by atomic mass is 32.2. The van der Waals surface area contributed by atoms with E-state index in [0.29, 0.717) is 5.75 Å². The topological polar surface area (TPSA) is 75.4 Å². The van der Waals surface area contributed by atoms with Gasteiger partial charge in [-0.25, -0.2) is 0 Å². The summed E-state index contributed by atoms with van der Waals surface area (Å²) in [6.07, 6.45) is 1.59. The largest absolute Gasteiger partial charge is 0.371 e. The maximum atomic E-state index is 12.3. The van der Waals surface area contributed by atoms with Crippen LogP contribution in [0, 0.1) is 5.92 Å². The van der Waals surface area contributed by atoms with Crippen molar-refractivity contribution in [3.63, 3.8) is 0 Å². The minimum absolute atomic E-state index is 0.0121. The van der Waals surface area contributed by atoms with Crippen LogP contribution in [0.3, 0.4) is 0 Å².